The summed E-state index contributed by atoms with van der Waals surface area (Å²) in [5.74, 6) is -6.72. The van der Waals surface area contributed by atoms with Crippen LogP contribution in [0.5, 0.6) is 5.75 Å². The standard InChI is InChI=1S/C29H30N2O8/c1-31(2)23-18-11-15-10-17-16(14-6-4-5-13(9-14)12-39-3)7-8-19(32)21(17)24(33)20(15)26(35)29(18,38)27(36)22(25(23)34)28(30)37/h4-9,15,18,23,32-33,36,38H,10-12H2,1-3H3,(H2,30,37)/t15-,18-,23-,29+/m1/s1. The Kier molecular flexibility index (Phi) is 6.37. The number of carbonyl (C=O) groups excluding carboxylic acids is 3. The highest BCUT2D eigenvalue weighted by Crippen LogP contribution is 2.53. The largest absolute Gasteiger partial charge is 0.508 e. The van der Waals surface area contributed by atoms with Crippen LogP contribution in [-0.2, 0) is 32.1 Å². The maximum atomic E-state index is 13.9. The first-order chi connectivity index (χ1) is 18.4. The lowest BCUT2D eigenvalue weighted by Gasteiger charge is -2.50. The van der Waals surface area contributed by atoms with Gasteiger partial charge in [0.05, 0.1) is 18.2 Å². The van der Waals surface area contributed by atoms with Crippen molar-refractivity contribution in [2.75, 3.05) is 21.2 Å². The number of aliphatic hydroxyl groups is 3. The van der Waals surface area contributed by atoms with Crippen molar-refractivity contribution in [3.05, 3.63) is 70.0 Å². The second-order valence-corrected chi connectivity index (χ2v) is 10.6. The molecule has 39 heavy (non-hydrogen) atoms. The van der Waals surface area contributed by atoms with Crippen LogP contribution < -0.4 is 5.73 Å². The quantitative estimate of drug-likeness (QED) is 0.359. The number of nitrogens with two attached hydrogens (primary N) is 1. The third-order valence-electron chi connectivity index (χ3n) is 8.15. The molecule has 2 aromatic carbocycles. The van der Waals surface area contributed by atoms with Crippen molar-refractivity contribution in [1.29, 1.82) is 0 Å². The first kappa shape index (κ1) is 26.6. The molecule has 3 aliphatic rings. The van der Waals surface area contributed by atoms with Crippen LogP contribution in [0.25, 0.3) is 16.9 Å². The number of aromatic hydroxyl groups is 1. The summed E-state index contributed by atoms with van der Waals surface area (Å²) in [5, 5.41) is 44.8. The summed E-state index contributed by atoms with van der Waals surface area (Å²) in [6.45, 7) is 0.394. The number of amides is 1. The number of phenolic OH excluding ortho intramolecular Hbond substituents is 1. The van der Waals surface area contributed by atoms with Crippen LogP contribution >= 0.6 is 0 Å². The van der Waals surface area contributed by atoms with Gasteiger partial charge in [0.2, 0.25) is 5.78 Å². The Morgan fingerprint density at radius 3 is 2.51 bits per heavy atom. The van der Waals surface area contributed by atoms with Gasteiger partial charge in [0.15, 0.2) is 11.4 Å². The van der Waals surface area contributed by atoms with E-state index in [4.69, 9.17) is 10.5 Å². The molecule has 204 valence electrons. The highest BCUT2D eigenvalue weighted by Gasteiger charge is 2.64. The van der Waals surface area contributed by atoms with Crippen LogP contribution in [-0.4, -0.2) is 75.6 Å². The van der Waals surface area contributed by atoms with Gasteiger partial charge in [0.1, 0.15) is 22.8 Å². The molecule has 10 nitrogen and oxygen atoms in total. The van der Waals surface area contributed by atoms with E-state index in [2.05, 4.69) is 0 Å². The maximum Gasteiger partial charge on any atom is 0.255 e. The second-order valence-electron chi connectivity index (χ2n) is 10.6. The molecular weight excluding hydrogens is 504 g/mol. The molecule has 0 unspecified atom stereocenters. The number of primary amides is 1. The van der Waals surface area contributed by atoms with Crippen molar-refractivity contribution < 1.29 is 39.5 Å². The molecule has 0 bridgehead atoms. The summed E-state index contributed by atoms with van der Waals surface area (Å²) < 4.78 is 5.25. The minimum Gasteiger partial charge on any atom is -0.508 e. The van der Waals surface area contributed by atoms with Crippen molar-refractivity contribution >= 4 is 23.2 Å². The Morgan fingerprint density at radius 1 is 1.15 bits per heavy atom. The molecule has 5 rings (SSSR count). The molecule has 6 N–H and O–H groups in total. The van der Waals surface area contributed by atoms with Crippen LogP contribution in [0.4, 0.5) is 0 Å². The van der Waals surface area contributed by atoms with E-state index in [0.29, 0.717) is 12.2 Å². The fourth-order valence-electron chi connectivity index (χ4n) is 6.51. The van der Waals surface area contributed by atoms with Crippen LogP contribution in [0.2, 0.25) is 0 Å². The number of ether oxygens (including phenoxy) is 1. The van der Waals surface area contributed by atoms with Gasteiger partial charge in [-0.25, -0.2) is 0 Å². The lowest BCUT2D eigenvalue weighted by molar-refractivity contribution is -0.153. The summed E-state index contributed by atoms with van der Waals surface area (Å²) in [6.07, 6.45) is 0.247. The SMILES string of the molecule is COCc1cccc(-c2ccc(O)c3c2C[C@@H]2C[C@@H]4[C@@H](N(C)C)C(=O)C(C(N)=O)=C(O)[C@@]4(O)C(=O)C2=C3O)c1. The van der Waals surface area contributed by atoms with E-state index in [0.717, 1.165) is 16.7 Å². The average Bonchev–Trinajstić information content (AvgIpc) is 2.86. The van der Waals surface area contributed by atoms with E-state index < -0.39 is 58.0 Å². The molecule has 1 amide bonds. The highest BCUT2D eigenvalue weighted by molar-refractivity contribution is 6.24. The lowest BCUT2D eigenvalue weighted by Crippen LogP contribution is -2.65. The third kappa shape index (κ3) is 3.78. The number of likely N-dealkylation sites (N-methyl/N-ethyl adjacent to an activating group) is 1. The predicted molar refractivity (Wildman–Crippen MR) is 140 cm³/mol. The molecule has 0 spiro atoms. The number of Topliss-reactive ketones (excluding diaryl/α,β-unsaturated/α-hetero) is 2. The zero-order chi connectivity index (χ0) is 28.4. The fourth-order valence-corrected chi connectivity index (χ4v) is 6.51. The highest BCUT2D eigenvalue weighted by atomic mass is 16.5. The van der Waals surface area contributed by atoms with E-state index in [1.807, 2.05) is 24.3 Å². The number of nitrogens with zero attached hydrogens (tertiary/aromatic N) is 1. The number of hydrogen-bond donors (Lipinski definition) is 5. The van der Waals surface area contributed by atoms with Crippen LogP contribution in [0.15, 0.2) is 53.3 Å². The van der Waals surface area contributed by atoms with E-state index in [-0.39, 0.29) is 29.7 Å². The summed E-state index contributed by atoms with van der Waals surface area (Å²) in [4.78, 5) is 40.7. The molecule has 10 heteroatoms. The predicted octanol–water partition coefficient (Wildman–Crippen LogP) is 1.78. The normalized spacial score (nSPS) is 26.4. The van der Waals surface area contributed by atoms with Gasteiger partial charge >= 0.3 is 0 Å². The molecule has 0 aromatic heterocycles. The molecule has 0 saturated heterocycles. The van der Waals surface area contributed by atoms with Crippen molar-refractivity contribution in [2.45, 2.75) is 31.1 Å². The number of methoxy groups -OCH3 is 1. The smallest absolute Gasteiger partial charge is 0.255 e. The van der Waals surface area contributed by atoms with Crippen LogP contribution in [0.3, 0.4) is 0 Å². The van der Waals surface area contributed by atoms with Crippen molar-refractivity contribution in [3.8, 4) is 16.9 Å². The number of carbonyl (C=O) groups is 3. The molecule has 0 heterocycles. The molecule has 0 radical (unpaired) electrons. The van der Waals surface area contributed by atoms with Gasteiger partial charge in [0, 0.05) is 18.6 Å². The van der Waals surface area contributed by atoms with Crippen LogP contribution in [0.1, 0.15) is 23.1 Å². The molecular formula is C29H30N2O8. The molecule has 0 aliphatic heterocycles. The summed E-state index contributed by atoms with van der Waals surface area (Å²) in [5.41, 5.74) is 4.83. The molecule has 2 aromatic rings. The number of benzene rings is 2. The lowest BCUT2D eigenvalue weighted by atomic mass is 9.57. The Hall–Kier alpha value is -3.99. The van der Waals surface area contributed by atoms with E-state index in [9.17, 15) is 34.8 Å². The number of ketones is 2. The van der Waals surface area contributed by atoms with Crippen LogP contribution in [0, 0.1) is 11.8 Å². The summed E-state index contributed by atoms with van der Waals surface area (Å²) >= 11 is 0. The summed E-state index contributed by atoms with van der Waals surface area (Å²) in [7, 11) is 4.73. The van der Waals surface area contributed by atoms with Gasteiger partial charge in [-0.3, -0.25) is 19.3 Å². The minimum atomic E-state index is -2.66. The van der Waals surface area contributed by atoms with Crippen molar-refractivity contribution in [2.24, 2.45) is 17.6 Å². The number of aliphatic hydroxyl groups excluding tert-OH is 2. The Bertz CT molecular complexity index is 1490. The Morgan fingerprint density at radius 2 is 1.87 bits per heavy atom. The Labute approximate surface area is 224 Å². The maximum absolute atomic E-state index is 13.9. The molecule has 1 saturated carbocycles. The van der Waals surface area contributed by atoms with Crippen molar-refractivity contribution in [1.82, 2.24) is 4.90 Å². The first-order valence-electron chi connectivity index (χ1n) is 12.5. The molecule has 4 atom stereocenters. The molecule has 3 aliphatic carbocycles. The number of rotatable bonds is 5. The second kappa shape index (κ2) is 9.33. The van der Waals surface area contributed by atoms with E-state index in [1.165, 1.54) is 11.0 Å². The van der Waals surface area contributed by atoms with Crippen molar-refractivity contribution in [3.63, 3.8) is 0 Å². The third-order valence-corrected chi connectivity index (χ3v) is 8.15. The van der Waals surface area contributed by atoms with Gasteiger partial charge in [-0.05, 0) is 67.2 Å². The van der Waals surface area contributed by atoms with Gasteiger partial charge in [-0.15, -0.1) is 0 Å². The zero-order valence-electron chi connectivity index (χ0n) is 21.8. The topological polar surface area (TPSA) is 171 Å². The van der Waals surface area contributed by atoms with Gasteiger partial charge in [-0.1, -0.05) is 24.3 Å². The van der Waals surface area contributed by atoms with E-state index in [1.54, 1.807) is 27.3 Å². The monoisotopic (exact) mass is 534 g/mol. The van der Waals surface area contributed by atoms with Gasteiger partial charge in [-0.2, -0.15) is 0 Å². The van der Waals surface area contributed by atoms with E-state index >= 15 is 0 Å². The number of fused-ring (bicyclic) bond motifs is 3. The number of phenols is 1. The molecule has 1 fully saturated rings. The first-order valence-corrected chi connectivity index (χ1v) is 12.5. The zero-order valence-corrected chi connectivity index (χ0v) is 21.8. The summed E-state index contributed by atoms with van der Waals surface area (Å²) in [6, 6.07) is 9.64. The number of hydrogen-bond acceptors (Lipinski definition) is 9. The average molecular weight is 535 g/mol. The minimum absolute atomic E-state index is 0.0323. The van der Waals surface area contributed by atoms with Gasteiger partial charge < -0.3 is 30.9 Å². The Balaban J connectivity index is 1.72. The fraction of sp³-hybridized carbons (Fsp3) is 0.345. The van der Waals surface area contributed by atoms with Gasteiger partial charge in [0.25, 0.3) is 5.91 Å².